The van der Waals surface area contributed by atoms with Gasteiger partial charge >= 0.3 is 5.97 Å². The number of phenols is 1. The van der Waals surface area contributed by atoms with Crippen LogP contribution in [0.4, 0.5) is 0 Å². The molecule has 0 bridgehead atoms. The van der Waals surface area contributed by atoms with E-state index in [-0.39, 0.29) is 0 Å². The van der Waals surface area contributed by atoms with Gasteiger partial charge in [0, 0.05) is 39.3 Å². The number of carboxylic acid groups (broad SMARTS) is 1. The molecular formula is C19H22N2O3. The summed E-state index contributed by atoms with van der Waals surface area (Å²) in [6.07, 6.45) is 0. The molecule has 0 aromatic heterocycles. The van der Waals surface area contributed by atoms with Gasteiger partial charge in [0.15, 0.2) is 0 Å². The fourth-order valence-corrected chi connectivity index (χ4v) is 3.03. The Morgan fingerprint density at radius 1 is 0.875 bits per heavy atom. The average molecular weight is 326 g/mol. The molecule has 2 N–H and O–H groups in total. The smallest absolute Gasteiger partial charge is 0.335 e. The maximum absolute atomic E-state index is 10.9. The Balaban J connectivity index is 1.49. The number of piperazine rings is 1. The molecule has 0 unspecified atom stereocenters. The van der Waals surface area contributed by atoms with Crippen molar-refractivity contribution in [2.24, 2.45) is 0 Å². The van der Waals surface area contributed by atoms with Gasteiger partial charge in [-0.1, -0.05) is 24.3 Å². The van der Waals surface area contributed by atoms with Gasteiger partial charge in [-0.3, -0.25) is 9.80 Å². The predicted octanol–water partition coefficient (Wildman–Crippen LogP) is 2.41. The summed E-state index contributed by atoms with van der Waals surface area (Å²) in [5.41, 5.74) is 2.60. The van der Waals surface area contributed by atoms with E-state index in [1.807, 2.05) is 30.3 Å². The lowest BCUT2D eigenvalue weighted by molar-refractivity contribution is 0.0697. The summed E-state index contributed by atoms with van der Waals surface area (Å²) in [6.45, 7) is 5.65. The Morgan fingerprint density at radius 2 is 1.46 bits per heavy atom. The Kier molecular flexibility index (Phi) is 5.13. The third kappa shape index (κ3) is 4.34. The average Bonchev–Trinajstić information content (AvgIpc) is 2.57. The van der Waals surface area contributed by atoms with Crippen molar-refractivity contribution in [3.63, 3.8) is 0 Å². The van der Waals surface area contributed by atoms with Crippen molar-refractivity contribution in [3.05, 3.63) is 65.2 Å². The number of phenolic OH excluding ortho intramolecular Hbond substituents is 1. The van der Waals surface area contributed by atoms with E-state index < -0.39 is 5.97 Å². The summed E-state index contributed by atoms with van der Waals surface area (Å²) < 4.78 is 0. The van der Waals surface area contributed by atoms with Gasteiger partial charge in [-0.2, -0.15) is 0 Å². The number of rotatable bonds is 5. The maximum Gasteiger partial charge on any atom is 0.335 e. The minimum atomic E-state index is -0.887. The molecule has 0 aliphatic carbocycles. The number of carbonyl (C=O) groups is 1. The maximum atomic E-state index is 10.9. The Morgan fingerprint density at radius 3 is 2.00 bits per heavy atom. The van der Waals surface area contributed by atoms with E-state index in [4.69, 9.17) is 5.11 Å². The predicted molar refractivity (Wildman–Crippen MR) is 92.1 cm³/mol. The standard InChI is InChI=1S/C19H22N2O3/c22-18-3-1-2-16(12-18)14-21-10-8-20(9-11-21)13-15-4-6-17(7-5-15)19(23)24/h1-7,12,22H,8-11,13-14H2,(H,23,24). The second-order valence-electron chi connectivity index (χ2n) is 6.22. The molecule has 1 aliphatic rings. The van der Waals surface area contributed by atoms with Gasteiger partial charge < -0.3 is 10.2 Å². The highest BCUT2D eigenvalue weighted by molar-refractivity contribution is 5.87. The molecule has 2 aromatic rings. The number of aromatic hydroxyl groups is 1. The molecular weight excluding hydrogens is 304 g/mol. The van der Waals surface area contributed by atoms with Gasteiger partial charge in [0.2, 0.25) is 0 Å². The topological polar surface area (TPSA) is 64.0 Å². The first-order valence-corrected chi connectivity index (χ1v) is 8.15. The molecule has 2 aromatic carbocycles. The van der Waals surface area contributed by atoms with E-state index in [0.29, 0.717) is 11.3 Å². The van der Waals surface area contributed by atoms with Gasteiger partial charge in [0.25, 0.3) is 0 Å². The van der Waals surface area contributed by atoms with E-state index in [0.717, 1.165) is 50.4 Å². The summed E-state index contributed by atoms with van der Waals surface area (Å²) in [7, 11) is 0. The largest absolute Gasteiger partial charge is 0.508 e. The lowest BCUT2D eigenvalue weighted by atomic mass is 10.1. The first-order valence-electron chi connectivity index (χ1n) is 8.15. The Hall–Kier alpha value is -2.37. The summed E-state index contributed by atoms with van der Waals surface area (Å²) in [5.74, 6) is -0.571. The third-order valence-electron chi connectivity index (χ3n) is 4.39. The molecule has 0 spiro atoms. The van der Waals surface area contributed by atoms with Gasteiger partial charge in [-0.25, -0.2) is 4.79 Å². The summed E-state index contributed by atoms with van der Waals surface area (Å²) in [5, 5.41) is 18.5. The minimum absolute atomic E-state index is 0.316. The zero-order valence-electron chi connectivity index (χ0n) is 13.6. The number of aromatic carboxylic acids is 1. The molecule has 126 valence electrons. The zero-order valence-corrected chi connectivity index (χ0v) is 13.6. The van der Waals surface area contributed by atoms with Gasteiger partial charge in [0.1, 0.15) is 5.75 Å². The van der Waals surface area contributed by atoms with Crippen molar-refractivity contribution >= 4 is 5.97 Å². The number of carboxylic acids is 1. The highest BCUT2D eigenvalue weighted by atomic mass is 16.4. The van der Waals surface area contributed by atoms with Crippen LogP contribution >= 0.6 is 0 Å². The Bertz CT molecular complexity index is 692. The fraction of sp³-hybridized carbons (Fsp3) is 0.316. The number of nitrogens with zero attached hydrogens (tertiary/aromatic N) is 2. The Labute approximate surface area is 141 Å². The van der Waals surface area contributed by atoms with Crippen molar-refractivity contribution in [1.29, 1.82) is 0 Å². The van der Waals surface area contributed by atoms with Crippen LogP contribution in [0.5, 0.6) is 5.75 Å². The second kappa shape index (κ2) is 7.47. The van der Waals surface area contributed by atoms with Crippen molar-refractivity contribution in [2.75, 3.05) is 26.2 Å². The first-order chi connectivity index (χ1) is 11.6. The van der Waals surface area contributed by atoms with Crippen LogP contribution in [0.3, 0.4) is 0 Å². The first kappa shape index (κ1) is 16.5. The number of benzene rings is 2. The highest BCUT2D eigenvalue weighted by Gasteiger charge is 2.17. The molecule has 3 rings (SSSR count). The van der Waals surface area contributed by atoms with Gasteiger partial charge in [0.05, 0.1) is 5.56 Å². The second-order valence-corrected chi connectivity index (χ2v) is 6.22. The minimum Gasteiger partial charge on any atom is -0.508 e. The molecule has 1 heterocycles. The molecule has 5 nitrogen and oxygen atoms in total. The zero-order chi connectivity index (χ0) is 16.9. The number of hydrogen-bond acceptors (Lipinski definition) is 4. The summed E-state index contributed by atoms with van der Waals surface area (Å²) >= 11 is 0. The van der Waals surface area contributed by atoms with Crippen molar-refractivity contribution in [1.82, 2.24) is 9.80 Å². The van der Waals surface area contributed by atoms with E-state index in [2.05, 4.69) is 9.80 Å². The van der Waals surface area contributed by atoms with Gasteiger partial charge in [-0.15, -0.1) is 0 Å². The van der Waals surface area contributed by atoms with Crippen molar-refractivity contribution in [3.8, 4) is 5.75 Å². The molecule has 1 fully saturated rings. The molecule has 1 saturated heterocycles. The third-order valence-corrected chi connectivity index (χ3v) is 4.39. The van der Waals surface area contributed by atoms with Gasteiger partial charge in [-0.05, 0) is 35.4 Å². The van der Waals surface area contributed by atoms with Crippen molar-refractivity contribution < 1.29 is 15.0 Å². The van der Waals surface area contributed by atoms with E-state index in [1.54, 1.807) is 18.2 Å². The van der Waals surface area contributed by atoms with Crippen molar-refractivity contribution in [2.45, 2.75) is 13.1 Å². The quantitative estimate of drug-likeness (QED) is 0.883. The molecule has 0 saturated carbocycles. The van der Waals surface area contributed by atoms with E-state index in [1.165, 1.54) is 0 Å². The molecule has 0 amide bonds. The highest BCUT2D eigenvalue weighted by Crippen LogP contribution is 2.15. The molecule has 5 heteroatoms. The van der Waals surface area contributed by atoms with E-state index >= 15 is 0 Å². The van der Waals surface area contributed by atoms with E-state index in [9.17, 15) is 9.90 Å². The molecule has 1 aliphatic heterocycles. The van der Waals surface area contributed by atoms with Crippen LogP contribution in [-0.4, -0.2) is 52.2 Å². The molecule has 0 atom stereocenters. The van der Waals surface area contributed by atoms with Crippen LogP contribution in [0.25, 0.3) is 0 Å². The fourth-order valence-electron chi connectivity index (χ4n) is 3.03. The normalized spacial score (nSPS) is 16.2. The molecule has 24 heavy (non-hydrogen) atoms. The lowest BCUT2D eigenvalue weighted by Crippen LogP contribution is -2.45. The lowest BCUT2D eigenvalue weighted by Gasteiger charge is -2.34. The molecule has 0 radical (unpaired) electrons. The monoisotopic (exact) mass is 326 g/mol. The van der Waals surface area contributed by atoms with Crippen LogP contribution in [-0.2, 0) is 13.1 Å². The van der Waals surface area contributed by atoms with Crippen LogP contribution in [0.2, 0.25) is 0 Å². The summed E-state index contributed by atoms with van der Waals surface area (Å²) in [6, 6.07) is 14.5. The van der Waals surface area contributed by atoms with Crippen LogP contribution in [0.15, 0.2) is 48.5 Å². The SMILES string of the molecule is O=C(O)c1ccc(CN2CCN(Cc3cccc(O)c3)CC2)cc1. The summed E-state index contributed by atoms with van der Waals surface area (Å²) in [4.78, 5) is 15.6. The van der Waals surface area contributed by atoms with Crippen LogP contribution in [0, 0.1) is 0 Å². The van der Waals surface area contributed by atoms with Crippen LogP contribution in [0.1, 0.15) is 21.5 Å². The van der Waals surface area contributed by atoms with Crippen LogP contribution < -0.4 is 0 Å². The number of hydrogen-bond donors (Lipinski definition) is 2.